The Balaban J connectivity index is 2.83. The number of ether oxygens (including phenoxy) is 1. The molecule has 7 heteroatoms. The number of fused-ring (bicyclic) bond motifs is 1. The number of aromatic nitrogens is 2. The van der Waals surface area contributed by atoms with Crippen molar-refractivity contribution >= 4 is 17.0 Å². The van der Waals surface area contributed by atoms with Crippen molar-refractivity contribution < 1.29 is 19.7 Å². The number of aliphatic hydroxyl groups is 1. The van der Waals surface area contributed by atoms with Crippen LogP contribution in [0.25, 0.3) is 11.0 Å². The van der Waals surface area contributed by atoms with Gasteiger partial charge in [0.15, 0.2) is 0 Å². The van der Waals surface area contributed by atoms with Gasteiger partial charge in [-0.3, -0.25) is 4.79 Å². The van der Waals surface area contributed by atoms with Crippen LogP contribution in [0.15, 0.2) is 23.1 Å². The second kappa shape index (κ2) is 5.30. The van der Waals surface area contributed by atoms with Crippen LogP contribution in [0.1, 0.15) is 30.4 Å². The van der Waals surface area contributed by atoms with Gasteiger partial charge < -0.3 is 19.5 Å². The summed E-state index contributed by atoms with van der Waals surface area (Å²) in [5, 5.41) is 18.9. The number of nitrogens with zero attached hydrogens (tertiary/aromatic N) is 2. The molecule has 1 unspecified atom stereocenters. The highest BCUT2D eigenvalue weighted by molar-refractivity contribution is 5.91. The second-order valence-corrected chi connectivity index (χ2v) is 4.17. The Morgan fingerprint density at radius 2 is 2.20 bits per heavy atom. The first-order chi connectivity index (χ1) is 9.45. The summed E-state index contributed by atoms with van der Waals surface area (Å²) in [5.74, 6) is -1.04. The quantitative estimate of drug-likeness (QED) is 0.865. The lowest BCUT2D eigenvalue weighted by molar-refractivity contribution is 0.0693. The molecule has 2 aromatic rings. The molecule has 1 atom stereocenters. The van der Waals surface area contributed by atoms with Crippen LogP contribution in [-0.2, 0) is 0 Å². The first-order valence-electron chi connectivity index (χ1n) is 6.05. The van der Waals surface area contributed by atoms with E-state index in [0.717, 1.165) is 6.20 Å². The lowest BCUT2D eigenvalue weighted by Gasteiger charge is -2.14. The topological polar surface area (TPSA) is 102 Å². The molecule has 0 aliphatic rings. The van der Waals surface area contributed by atoms with Crippen LogP contribution in [0.5, 0.6) is 5.88 Å². The number of hydrogen-bond acceptors (Lipinski definition) is 5. The largest absolute Gasteiger partial charge is 0.478 e. The summed E-state index contributed by atoms with van der Waals surface area (Å²) < 4.78 is 6.47. The molecule has 0 spiro atoms. The van der Waals surface area contributed by atoms with E-state index in [1.807, 2.05) is 0 Å². The van der Waals surface area contributed by atoms with Crippen LogP contribution in [0.2, 0.25) is 0 Å². The highest BCUT2D eigenvalue weighted by atomic mass is 16.5. The van der Waals surface area contributed by atoms with Gasteiger partial charge in [-0.1, -0.05) is 0 Å². The number of aliphatic hydroxyl groups excluding tert-OH is 1. The zero-order valence-corrected chi connectivity index (χ0v) is 11.0. The first-order valence-corrected chi connectivity index (χ1v) is 6.05. The number of carboxylic acid groups (broad SMARTS) is 1. The molecule has 0 radical (unpaired) electrons. The van der Waals surface area contributed by atoms with Gasteiger partial charge in [0, 0.05) is 12.3 Å². The highest BCUT2D eigenvalue weighted by Gasteiger charge is 2.17. The molecule has 0 saturated heterocycles. The SMILES string of the molecule is CCOc1ccc2c(=O)c(C(=O)O)cn(C(C)O)c2n1. The molecule has 2 rings (SSSR count). The summed E-state index contributed by atoms with van der Waals surface area (Å²) in [6.45, 7) is 3.65. The second-order valence-electron chi connectivity index (χ2n) is 4.17. The summed E-state index contributed by atoms with van der Waals surface area (Å²) in [7, 11) is 0. The van der Waals surface area contributed by atoms with Gasteiger partial charge >= 0.3 is 5.97 Å². The van der Waals surface area contributed by atoms with Gasteiger partial charge in [0.2, 0.25) is 11.3 Å². The van der Waals surface area contributed by atoms with Gasteiger partial charge in [0.25, 0.3) is 0 Å². The van der Waals surface area contributed by atoms with Crippen LogP contribution in [0, 0.1) is 0 Å². The lowest BCUT2D eigenvalue weighted by atomic mass is 10.2. The molecule has 0 aromatic carbocycles. The summed E-state index contributed by atoms with van der Waals surface area (Å²) in [6, 6.07) is 2.94. The average Bonchev–Trinajstić information content (AvgIpc) is 2.38. The van der Waals surface area contributed by atoms with Crippen molar-refractivity contribution in [2.45, 2.75) is 20.1 Å². The van der Waals surface area contributed by atoms with Crippen molar-refractivity contribution in [1.29, 1.82) is 0 Å². The summed E-state index contributed by atoms with van der Waals surface area (Å²) >= 11 is 0. The van der Waals surface area contributed by atoms with Gasteiger partial charge in [0.05, 0.1) is 12.0 Å². The molecule has 0 aliphatic carbocycles. The van der Waals surface area contributed by atoms with E-state index in [1.54, 1.807) is 6.92 Å². The van der Waals surface area contributed by atoms with E-state index in [9.17, 15) is 14.7 Å². The molecule has 2 N–H and O–H groups in total. The predicted octanol–water partition coefficient (Wildman–Crippen LogP) is 1.00. The molecule has 106 valence electrons. The summed E-state index contributed by atoms with van der Waals surface area (Å²) in [4.78, 5) is 27.3. The summed E-state index contributed by atoms with van der Waals surface area (Å²) in [5.41, 5.74) is -0.870. The third-order valence-electron chi connectivity index (χ3n) is 2.78. The number of hydrogen-bond donors (Lipinski definition) is 2. The minimum atomic E-state index is -1.35. The zero-order chi connectivity index (χ0) is 14.9. The molecule has 20 heavy (non-hydrogen) atoms. The molecule has 0 saturated carbocycles. The zero-order valence-electron chi connectivity index (χ0n) is 11.0. The molecular formula is C13H14N2O5. The van der Waals surface area contributed by atoms with Gasteiger partial charge in [-0.25, -0.2) is 4.79 Å². The van der Waals surface area contributed by atoms with E-state index in [1.165, 1.54) is 23.6 Å². The minimum absolute atomic E-state index is 0.120. The normalized spacial score (nSPS) is 12.3. The predicted molar refractivity (Wildman–Crippen MR) is 71.1 cm³/mol. The maximum Gasteiger partial charge on any atom is 0.341 e. The number of aromatic carboxylic acids is 1. The fraction of sp³-hybridized carbons (Fsp3) is 0.308. The smallest absolute Gasteiger partial charge is 0.341 e. The van der Waals surface area contributed by atoms with Gasteiger partial charge in [-0.05, 0) is 19.9 Å². The third-order valence-corrected chi connectivity index (χ3v) is 2.78. The Labute approximate surface area is 114 Å². The number of carboxylic acids is 1. The molecule has 0 bridgehead atoms. The van der Waals surface area contributed by atoms with Crippen molar-refractivity contribution in [3.05, 3.63) is 34.1 Å². The Kier molecular flexibility index (Phi) is 3.71. The summed E-state index contributed by atoms with van der Waals surface area (Å²) in [6.07, 6.45) is 0.0565. The third kappa shape index (κ3) is 2.35. The van der Waals surface area contributed by atoms with Crippen molar-refractivity contribution in [3.8, 4) is 5.88 Å². The van der Waals surface area contributed by atoms with Gasteiger partial charge in [-0.2, -0.15) is 4.98 Å². The average molecular weight is 278 g/mol. The van der Waals surface area contributed by atoms with Gasteiger partial charge in [-0.15, -0.1) is 0 Å². The molecular weight excluding hydrogens is 264 g/mol. The standard InChI is InChI=1S/C13H14N2O5/c1-3-20-10-5-4-8-11(17)9(13(18)19)6-15(7(2)16)12(8)14-10/h4-7,16H,3H2,1-2H3,(H,18,19). The molecule has 2 heterocycles. The van der Waals surface area contributed by atoms with Crippen LogP contribution >= 0.6 is 0 Å². The van der Waals surface area contributed by atoms with Crippen LogP contribution in [0.3, 0.4) is 0 Å². The monoisotopic (exact) mass is 278 g/mol. The van der Waals surface area contributed by atoms with Gasteiger partial charge in [0.1, 0.15) is 17.4 Å². The number of carbonyl (C=O) groups is 1. The highest BCUT2D eigenvalue weighted by Crippen LogP contribution is 2.18. The van der Waals surface area contributed by atoms with E-state index < -0.39 is 23.2 Å². The number of rotatable bonds is 4. The van der Waals surface area contributed by atoms with E-state index in [4.69, 9.17) is 9.84 Å². The Morgan fingerprint density at radius 1 is 1.50 bits per heavy atom. The molecule has 0 fully saturated rings. The van der Waals surface area contributed by atoms with Crippen LogP contribution in [0.4, 0.5) is 0 Å². The van der Waals surface area contributed by atoms with Crippen LogP contribution < -0.4 is 10.2 Å². The number of pyridine rings is 2. The van der Waals surface area contributed by atoms with Crippen molar-refractivity contribution in [2.24, 2.45) is 0 Å². The van der Waals surface area contributed by atoms with Crippen molar-refractivity contribution in [2.75, 3.05) is 6.61 Å². The Morgan fingerprint density at radius 3 is 2.75 bits per heavy atom. The fourth-order valence-corrected chi connectivity index (χ4v) is 1.87. The lowest BCUT2D eigenvalue weighted by Crippen LogP contribution is -2.21. The van der Waals surface area contributed by atoms with E-state index in [-0.39, 0.29) is 11.0 Å². The molecule has 0 aliphatic heterocycles. The first kappa shape index (κ1) is 14.0. The molecule has 0 amide bonds. The minimum Gasteiger partial charge on any atom is -0.478 e. The van der Waals surface area contributed by atoms with Crippen molar-refractivity contribution in [3.63, 3.8) is 0 Å². The van der Waals surface area contributed by atoms with E-state index in [2.05, 4.69) is 4.98 Å². The Bertz CT molecular complexity index is 721. The van der Waals surface area contributed by atoms with E-state index >= 15 is 0 Å². The molecule has 7 nitrogen and oxygen atoms in total. The van der Waals surface area contributed by atoms with Crippen molar-refractivity contribution in [1.82, 2.24) is 9.55 Å². The Hall–Kier alpha value is -2.41. The molecule has 2 aromatic heterocycles. The van der Waals surface area contributed by atoms with Crippen LogP contribution in [-0.4, -0.2) is 32.3 Å². The maximum absolute atomic E-state index is 12.1. The maximum atomic E-state index is 12.1. The van der Waals surface area contributed by atoms with E-state index in [0.29, 0.717) is 12.5 Å². The fourth-order valence-electron chi connectivity index (χ4n) is 1.87.